The van der Waals surface area contributed by atoms with Crippen LogP contribution < -0.4 is 0 Å². The molecule has 0 N–H and O–H groups in total. The van der Waals surface area contributed by atoms with Gasteiger partial charge in [-0.1, -0.05) is 19.9 Å². The van der Waals surface area contributed by atoms with Gasteiger partial charge in [0.2, 0.25) is 0 Å². The fraction of sp³-hybridized carbons (Fsp3) is 0.769. The van der Waals surface area contributed by atoms with Crippen molar-refractivity contribution in [3.8, 4) is 0 Å². The van der Waals surface area contributed by atoms with Gasteiger partial charge in [0.15, 0.2) is 5.78 Å². The van der Waals surface area contributed by atoms with E-state index in [2.05, 4.69) is 13.8 Å². The van der Waals surface area contributed by atoms with Gasteiger partial charge in [0.05, 0.1) is 10.8 Å². The second kappa shape index (κ2) is 5.02. The summed E-state index contributed by atoms with van der Waals surface area (Å²) in [5.41, 5.74) is 0.817. The molecule has 1 aliphatic rings. The molecule has 0 radical (unpaired) electrons. The molecular weight excluding hydrogens is 234 g/mol. The summed E-state index contributed by atoms with van der Waals surface area (Å²) in [6.07, 6.45) is 1.93. The van der Waals surface area contributed by atoms with E-state index in [0.717, 1.165) is 5.57 Å². The molecule has 0 aromatic carbocycles. The summed E-state index contributed by atoms with van der Waals surface area (Å²) in [5.74, 6) is 0.385. The molecule has 0 spiro atoms. The predicted octanol–water partition coefficient (Wildman–Crippen LogP) is 2.30. The molecule has 0 aromatic rings. The van der Waals surface area contributed by atoms with E-state index in [0.29, 0.717) is 12.5 Å². The first kappa shape index (κ1) is 14.6. The lowest BCUT2D eigenvalue weighted by Crippen LogP contribution is -2.44. The average Bonchev–Trinajstić information content (AvgIpc) is 2.58. The van der Waals surface area contributed by atoms with Gasteiger partial charge < -0.3 is 0 Å². The van der Waals surface area contributed by atoms with Crippen molar-refractivity contribution in [2.45, 2.75) is 52.3 Å². The fourth-order valence-electron chi connectivity index (χ4n) is 2.14. The van der Waals surface area contributed by atoms with Crippen molar-refractivity contribution >= 4 is 16.8 Å². The third kappa shape index (κ3) is 3.05. The Balaban J connectivity index is 2.99. The van der Waals surface area contributed by atoms with Crippen molar-refractivity contribution in [1.82, 2.24) is 4.31 Å². The molecule has 0 bridgehead atoms. The van der Waals surface area contributed by atoms with Crippen LogP contribution in [-0.2, 0) is 15.8 Å². The minimum absolute atomic E-state index is 0.00689. The van der Waals surface area contributed by atoms with Gasteiger partial charge in [0, 0.05) is 12.1 Å². The van der Waals surface area contributed by atoms with Crippen molar-refractivity contribution in [1.29, 1.82) is 0 Å². The highest BCUT2D eigenvalue weighted by atomic mass is 32.2. The Kier molecular flexibility index (Phi) is 4.31. The zero-order valence-electron chi connectivity index (χ0n) is 11.6. The summed E-state index contributed by atoms with van der Waals surface area (Å²) in [7, 11) is -1.07. The Hall–Kier alpha value is -0.480. The molecule has 17 heavy (non-hydrogen) atoms. The van der Waals surface area contributed by atoms with Crippen LogP contribution in [0.15, 0.2) is 11.6 Å². The summed E-state index contributed by atoms with van der Waals surface area (Å²) in [6, 6.07) is -0.00689. The maximum absolute atomic E-state index is 12.4. The van der Waals surface area contributed by atoms with E-state index in [-0.39, 0.29) is 16.6 Å². The highest BCUT2D eigenvalue weighted by Crippen LogP contribution is 2.30. The first-order valence-corrected chi connectivity index (χ1v) is 7.16. The van der Waals surface area contributed by atoms with Gasteiger partial charge in [-0.2, -0.15) is 0 Å². The molecular formula is C13H23NO2S. The highest BCUT2D eigenvalue weighted by Gasteiger charge is 2.38. The lowest BCUT2D eigenvalue weighted by atomic mass is 9.96. The van der Waals surface area contributed by atoms with Crippen LogP contribution >= 0.6 is 0 Å². The SMILES string of the molecule is CC(=O)C1=CCN([S@](=O)C(C)(C)C)[C@H]1C(C)C. The molecule has 0 fully saturated rings. The molecule has 0 saturated carbocycles. The van der Waals surface area contributed by atoms with Crippen LogP contribution in [0.25, 0.3) is 0 Å². The van der Waals surface area contributed by atoms with Crippen LogP contribution in [0.3, 0.4) is 0 Å². The van der Waals surface area contributed by atoms with Gasteiger partial charge in [-0.15, -0.1) is 0 Å². The zero-order chi connectivity index (χ0) is 13.4. The lowest BCUT2D eigenvalue weighted by Gasteiger charge is -2.33. The summed E-state index contributed by atoms with van der Waals surface area (Å²) in [6.45, 7) is 12.2. The largest absolute Gasteiger partial charge is 0.295 e. The van der Waals surface area contributed by atoms with Gasteiger partial charge in [-0.05, 0) is 33.6 Å². The zero-order valence-corrected chi connectivity index (χ0v) is 12.4. The van der Waals surface area contributed by atoms with Crippen LogP contribution in [0.2, 0.25) is 0 Å². The lowest BCUT2D eigenvalue weighted by molar-refractivity contribution is -0.114. The van der Waals surface area contributed by atoms with Gasteiger partial charge in [-0.3, -0.25) is 4.79 Å². The number of hydrogen-bond donors (Lipinski definition) is 0. The fourth-order valence-corrected chi connectivity index (χ4v) is 3.62. The average molecular weight is 257 g/mol. The monoisotopic (exact) mass is 257 g/mol. The Morgan fingerprint density at radius 2 is 2.00 bits per heavy atom. The molecule has 4 heteroatoms. The number of ketones is 1. The Morgan fingerprint density at radius 1 is 1.47 bits per heavy atom. The van der Waals surface area contributed by atoms with Crippen molar-refractivity contribution in [2.24, 2.45) is 5.92 Å². The van der Waals surface area contributed by atoms with Gasteiger partial charge >= 0.3 is 0 Å². The van der Waals surface area contributed by atoms with Gasteiger partial charge in [0.25, 0.3) is 0 Å². The molecule has 2 atom stereocenters. The van der Waals surface area contributed by atoms with E-state index in [9.17, 15) is 9.00 Å². The van der Waals surface area contributed by atoms with Gasteiger partial charge in [-0.25, -0.2) is 8.51 Å². The van der Waals surface area contributed by atoms with E-state index < -0.39 is 11.0 Å². The second-order valence-corrected chi connectivity index (χ2v) is 8.06. The number of nitrogens with zero attached hydrogens (tertiary/aromatic N) is 1. The molecule has 0 aromatic heterocycles. The maximum Gasteiger partial charge on any atom is 0.157 e. The maximum atomic E-state index is 12.4. The van der Waals surface area contributed by atoms with E-state index >= 15 is 0 Å². The standard InChI is InChI=1S/C13H23NO2S/c1-9(2)12-11(10(3)15)7-8-14(12)17(16)13(4,5)6/h7,9,12H,8H2,1-6H3/t12-,17+/m0/s1. The summed E-state index contributed by atoms with van der Waals surface area (Å²) >= 11 is 0. The molecule has 0 saturated heterocycles. The van der Waals surface area contributed by atoms with Crippen LogP contribution in [0.5, 0.6) is 0 Å². The molecule has 0 aliphatic carbocycles. The molecule has 98 valence electrons. The third-order valence-corrected chi connectivity index (χ3v) is 4.74. The molecule has 1 aliphatic heterocycles. The Labute approximate surface area is 107 Å². The first-order valence-electron chi connectivity index (χ1n) is 6.06. The Bertz CT molecular complexity index is 366. The minimum Gasteiger partial charge on any atom is -0.295 e. The quantitative estimate of drug-likeness (QED) is 0.778. The topological polar surface area (TPSA) is 37.4 Å². The van der Waals surface area contributed by atoms with E-state index in [1.54, 1.807) is 6.92 Å². The number of Topliss-reactive ketones (excluding diaryl/α,β-unsaturated/α-hetero) is 1. The summed E-state index contributed by atoms with van der Waals surface area (Å²) in [4.78, 5) is 11.6. The van der Waals surface area contributed by atoms with Crippen LogP contribution in [0.4, 0.5) is 0 Å². The smallest absolute Gasteiger partial charge is 0.157 e. The summed E-state index contributed by atoms with van der Waals surface area (Å²) in [5, 5.41) is 0. The van der Waals surface area contributed by atoms with E-state index in [4.69, 9.17) is 0 Å². The first-order chi connectivity index (χ1) is 7.66. The van der Waals surface area contributed by atoms with E-state index in [1.165, 1.54) is 0 Å². The molecule has 3 nitrogen and oxygen atoms in total. The van der Waals surface area contributed by atoms with Crippen molar-refractivity contribution in [2.75, 3.05) is 6.54 Å². The van der Waals surface area contributed by atoms with Crippen molar-refractivity contribution in [3.05, 3.63) is 11.6 Å². The normalized spacial score (nSPS) is 23.9. The molecule has 1 heterocycles. The third-order valence-electron chi connectivity index (χ3n) is 2.89. The number of rotatable bonds is 3. The number of carbonyl (C=O) groups excluding carboxylic acids is 1. The van der Waals surface area contributed by atoms with Crippen LogP contribution in [-0.4, -0.2) is 31.6 Å². The number of carbonyl (C=O) groups is 1. The van der Waals surface area contributed by atoms with Gasteiger partial charge in [0.1, 0.15) is 11.0 Å². The molecule has 0 amide bonds. The minimum atomic E-state index is -1.07. The molecule has 1 rings (SSSR count). The van der Waals surface area contributed by atoms with Crippen LogP contribution in [0.1, 0.15) is 41.5 Å². The second-order valence-electron chi connectivity index (χ2n) is 5.87. The predicted molar refractivity (Wildman–Crippen MR) is 72.0 cm³/mol. The molecule has 0 unspecified atom stereocenters. The summed E-state index contributed by atoms with van der Waals surface area (Å²) < 4.78 is 14.1. The number of hydrogen-bond acceptors (Lipinski definition) is 2. The highest BCUT2D eigenvalue weighted by molar-refractivity contribution is 7.84. The van der Waals surface area contributed by atoms with Crippen molar-refractivity contribution < 1.29 is 9.00 Å². The van der Waals surface area contributed by atoms with Crippen LogP contribution in [0, 0.1) is 5.92 Å². The van der Waals surface area contributed by atoms with Crippen molar-refractivity contribution in [3.63, 3.8) is 0 Å². The van der Waals surface area contributed by atoms with E-state index in [1.807, 2.05) is 31.2 Å². The Morgan fingerprint density at radius 3 is 2.35 bits per heavy atom.